The van der Waals surface area contributed by atoms with Gasteiger partial charge in [-0.3, -0.25) is 4.79 Å². The van der Waals surface area contributed by atoms with Crippen LogP contribution in [0.2, 0.25) is 0 Å². The van der Waals surface area contributed by atoms with E-state index in [9.17, 15) is 9.18 Å². The van der Waals surface area contributed by atoms with E-state index in [1.54, 1.807) is 19.9 Å². The van der Waals surface area contributed by atoms with Crippen LogP contribution >= 0.6 is 12.2 Å². The summed E-state index contributed by atoms with van der Waals surface area (Å²) in [5, 5.41) is 2.49. The first-order valence-electron chi connectivity index (χ1n) is 5.69. The van der Waals surface area contributed by atoms with Crippen molar-refractivity contribution in [2.24, 2.45) is 5.73 Å². The van der Waals surface area contributed by atoms with Crippen LogP contribution in [0.4, 0.5) is 10.1 Å². The van der Waals surface area contributed by atoms with Crippen molar-refractivity contribution in [3.63, 3.8) is 0 Å². The second kappa shape index (κ2) is 6.08. The fourth-order valence-corrected chi connectivity index (χ4v) is 1.55. The van der Waals surface area contributed by atoms with E-state index in [0.29, 0.717) is 5.56 Å². The number of amides is 1. The molecule has 0 saturated heterocycles. The number of benzene rings is 1. The highest BCUT2D eigenvalue weighted by Gasteiger charge is 2.21. The lowest BCUT2D eigenvalue weighted by atomic mass is 10.0. The summed E-state index contributed by atoms with van der Waals surface area (Å²) >= 11 is 4.75. The number of halogens is 1. The van der Waals surface area contributed by atoms with Crippen molar-refractivity contribution in [3.05, 3.63) is 29.6 Å². The van der Waals surface area contributed by atoms with Gasteiger partial charge in [-0.1, -0.05) is 12.2 Å². The van der Waals surface area contributed by atoms with Crippen molar-refractivity contribution in [2.75, 3.05) is 12.4 Å². The van der Waals surface area contributed by atoms with E-state index in [-0.39, 0.29) is 23.0 Å². The van der Waals surface area contributed by atoms with Gasteiger partial charge in [-0.15, -0.1) is 0 Å². The maximum atomic E-state index is 13.7. The highest BCUT2D eigenvalue weighted by molar-refractivity contribution is 7.80. The Morgan fingerprint density at radius 3 is 2.63 bits per heavy atom. The summed E-state index contributed by atoms with van der Waals surface area (Å²) in [4.78, 5) is 11.9. The summed E-state index contributed by atoms with van der Waals surface area (Å²) in [5.41, 5.74) is 5.31. The number of nitrogens with two attached hydrogens (primary N) is 1. The van der Waals surface area contributed by atoms with Crippen molar-refractivity contribution in [2.45, 2.75) is 25.9 Å². The summed E-state index contributed by atoms with van der Waals surface area (Å²) in [6, 6.07) is 4.18. The molecule has 0 heterocycles. The largest absolute Gasteiger partial charge is 0.389 e. The number of anilines is 1. The molecule has 0 aliphatic heterocycles. The molecule has 6 heteroatoms. The molecule has 0 fully saturated rings. The Kier molecular flexibility index (Phi) is 4.97. The quantitative estimate of drug-likeness (QED) is 0.814. The first-order valence-corrected chi connectivity index (χ1v) is 6.10. The number of rotatable bonds is 5. The third kappa shape index (κ3) is 4.57. The number of hydrogen-bond donors (Lipinski definition) is 2. The minimum Gasteiger partial charge on any atom is -0.389 e. The molecule has 0 saturated carbocycles. The Balaban J connectivity index is 2.78. The minimum absolute atomic E-state index is 0.0944. The van der Waals surface area contributed by atoms with E-state index in [1.165, 1.54) is 19.2 Å². The average molecular weight is 284 g/mol. The summed E-state index contributed by atoms with van der Waals surface area (Å²) < 4.78 is 18.9. The normalized spacial score (nSPS) is 11.2. The van der Waals surface area contributed by atoms with Crippen LogP contribution in [0.3, 0.4) is 0 Å². The van der Waals surface area contributed by atoms with Crippen molar-refractivity contribution in [3.8, 4) is 0 Å². The van der Waals surface area contributed by atoms with Gasteiger partial charge in [0, 0.05) is 12.7 Å². The number of methoxy groups -OCH3 is 1. The molecule has 19 heavy (non-hydrogen) atoms. The zero-order valence-corrected chi connectivity index (χ0v) is 11.9. The smallest absolute Gasteiger partial charge is 0.227 e. The van der Waals surface area contributed by atoms with Crippen LogP contribution in [0.1, 0.15) is 25.8 Å². The van der Waals surface area contributed by atoms with Gasteiger partial charge in [0.25, 0.3) is 0 Å². The van der Waals surface area contributed by atoms with Gasteiger partial charge in [0.2, 0.25) is 5.91 Å². The third-order valence-electron chi connectivity index (χ3n) is 2.67. The molecule has 1 aromatic carbocycles. The Labute approximate surface area is 117 Å². The maximum Gasteiger partial charge on any atom is 0.227 e. The Hall–Kier alpha value is -1.53. The summed E-state index contributed by atoms with van der Waals surface area (Å²) in [5.74, 6) is -0.900. The van der Waals surface area contributed by atoms with E-state index in [0.717, 1.165) is 0 Å². The molecule has 0 atom stereocenters. The molecule has 0 aromatic heterocycles. The summed E-state index contributed by atoms with van der Waals surface area (Å²) in [6.07, 6.45) is 0.125. The first-order chi connectivity index (χ1) is 8.75. The Bertz CT molecular complexity index is 503. The number of thiocarbonyl (C=S) groups is 1. The number of nitrogens with one attached hydrogen (secondary N) is 1. The van der Waals surface area contributed by atoms with E-state index in [4.69, 9.17) is 22.7 Å². The van der Waals surface area contributed by atoms with E-state index in [1.807, 2.05) is 0 Å². The molecule has 104 valence electrons. The van der Waals surface area contributed by atoms with Gasteiger partial charge in [-0.05, 0) is 32.0 Å². The van der Waals surface area contributed by atoms with E-state index >= 15 is 0 Å². The monoisotopic (exact) mass is 284 g/mol. The summed E-state index contributed by atoms with van der Waals surface area (Å²) in [7, 11) is 1.52. The molecule has 0 radical (unpaired) electrons. The van der Waals surface area contributed by atoms with Crippen LogP contribution in [0, 0.1) is 5.82 Å². The predicted octanol–water partition coefficient (Wildman–Crippen LogP) is 2.21. The Morgan fingerprint density at radius 1 is 1.53 bits per heavy atom. The lowest BCUT2D eigenvalue weighted by Gasteiger charge is -2.22. The number of hydrogen-bond acceptors (Lipinski definition) is 3. The molecule has 0 bridgehead atoms. The molecule has 0 aliphatic rings. The number of ether oxygens (including phenoxy) is 1. The zero-order chi connectivity index (χ0) is 14.6. The molecule has 0 unspecified atom stereocenters. The average Bonchev–Trinajstić information content (AvgIpc) is 2.30. The van der Waals surface area contributed by atoms with E-state index in [2.05, 4.69) is 5.32 Å². The van der Waals surface area contributed by atoms with Crippen molar-refractivity contribution in [1.82, 2.24) is 0 Å². The van der Waals surface area contributed by atoms with Crippen molar-refractivity contribution >= 4 is 28.8 Å². The molecule has 1 aromatic rings. The number of carbonyl (C=O) groups excluding carboxylic acids is 1. The second-order valence-electron chi connectivity index (χ2n) is 4.75. The molecular formula is C13H17FN2O2S. The molecule has 1 rings (SSSR count). The third-order valence-corrected chi connectivity index (χ3v) is 2.90. The fourth-order valence-electron chi connectivity index (χ4n) is 1.42. The van der Waals surface area contributed by atoms with Crippen LogP contribution in [-0.4, -0.2) is 23.6 Å². The second-order valence-corrected chi connectivity index (χ2v) is 5.19. The SMILES string of the molecule is COC(C)(C)CC(=O)Nc1ccc(C(N)=S)cc1F. The van der Waals surface area contributed by atoms with Gasteiger partial charge >= 0.3 is 0 Å². The van der Waals surface area contributed by atoms with Crippen LogP contribution in [0.15, 0.2) is 18.2 Å². The van der Waals surface area contributed by atoms with Gasteiger partial charge in [0.05, 0.1) is 17.7 Å². The van der Waals surface area contributed by atoms with Crippen LogP contribution in [0.5, 0.6) is 0 Å². The molecule has 1 amide bonds. The maximum absolute atomic E-state index is 13.7. The lowest BCUT2D eigenvalue weighted by Crippen LogP contribution is -2.29. The lowest BCUT2D eigenvalue weighted by molar-refractivity contribution is -0.121. The number of carbonyl (C=O) groups is 1. The fraction of sp³-hybridized carbons (Fsp3) is 0.385. The standard InChI is InChI=1S/C13H17FN2O2S/c1-13(2,18-3)7-11(17)16-10-5-4-8(12(15)19)6-9(10)14/h4-6H,7H2,1-3H3,(H2,15,19)(H,16,17). The summed E-state index contributed by atoms with van der Waals surface area (Å²) in [6.45, 7) is 3.55. The highest BCUT2D eigenvalue weighted by atomic mass is 32.1. The van der Waals surface area contributed by atoms with Gasteiger partial charge < -0.3 is 15.8 Å². The van der Waals surface area contributed by atoms with Crippen molar-refractivity contribution < 1.29 is 13.9 Å². The van der Waals surface area contributed by atoms with Gasteiger partial charge in [-0.25, -0.2) is 4.39 Å². The van der Waals surface area contributed by atoms with E-state index < -0.39 is 11.4 Å². The zero-order valence-electron chi connectivity index (χ0n) is 11.1. The van der Waals surface area contributed by atoms with Crippen LogP contribution in [0.25, 0.3) is 0 Å². The molecule has 4 nitrogen and oxygen atoms in total. The Morgan fingerprint density at radius 2 is 2.16 bits per heavy atom. The topological polar surface area (TPSA) is 64.3 Å². The van der Waals surface area contributed by atoms with Crippen molar-refractivity contribution in [1.29, 1.82) is 0 Å². The molecular weight excluding hydrogens is 267 g/mol. The highest BCUT2D eigenvalue weighted by Crippen LogP contribution is 2.18. The minimum atomic E-state index is -0.598. The van der Waals surface area contributed by atoms with Crippen LogP contribution in [-0.2, 0) is 9.53 Å². The molecule has 0 spiro atoms. The van der Waals surface area contributed by atoms with Gasteiger partial charge in [0.15, 0.2) is 0 Å². The van der Waals surface area contributed by atoms with Gasteiger partial charge in [-0.2, -0.15) is 0 Å². The molecule has 3 N–H and O–H groups in total. The van der Waals surface area contributed by atoms with Crippen LogP contribution < -0.4 is 11.1 Å². The first kappa shape index (κ1) is 15.5. The predicted molar refractivity (Wildman–Crippen MR) is 76.6 cm³/mol. The van der Waals surface area contributed by atoms with Gasteiger partial charge in [0.1, 0.15) is 10.8 Å². The molecule has 0 aliphatic carbocycles.